The highest BCUT2D eigenvalue weighted by molar-refractivity contribution is 7.99. The number of hydrogen-bond donors (Lipinski definition) is 2. The summed E-state index contributed by atoms with van der Waals surface area (Å²) in [5, 5.41) is 1.00. The molecular formula is C25H25FN4O3S. The summed E-state index contributed by atoms with van der Waals surface area (Å²) in [5.74, 6) is -1.51. The molecule has 4 rings (SSSR count). The summed E-state index contributed by atoms with van der Waals surface area (Å²) >= 11 is 1.14. The van der Waals surface area contributed by atoms with Gasteiger partial charge in [-0.05, 0) is 68.5 Å². The van der Waals surface area contributed by atoms with Gasteiger partial charge >= 0.3 is 0 Å². The van der Waals surface area contributed by atoms with Crippen molar-refractivity contribution in [3.8, 4) is 0 Å². The first kappa shape index (κ1) is 23.7. The van der Waals surface area contributed by atoms with Crippen molar-refractivity contribution in [1.29, 1.82) is 0 Å². The first-order valence-electron chi connectivity index (χ1n) is 11.2. The van der Waals surface area contributed by atoms with Gasteiger partial charge in [0.1, 0.15) is 5.82 Å². The third-order valence-corrected chi connectivity index (χ3v) is 6.60. The summed E-state index contributed by atoms with van der Waals surface area (Å²) in [6, 6.07) is 12.1. The minimum atomic E-state index is -0.556. The van der Waals surface area contributed by atoms with Gasteiger partial charge in [-0.15, -0.1) is 0 Å². The Morgan fingerprint density at radius 3 is 2.62 bits per heavy atom. The third-order valence-electron chi connectivity index (χ3n) is 5.62. The number of carbonyl (C=O) groups is 2. The Morgan fingerprint density at radius 2 is 1.85 bits per heavy atom. The fourth-order valence-corrected chi connectivity index (χ4v) is 4.63. The molecule has 0 saturated carbocycles. The molecule has 9 heteroatoms. The molecule has 1 aliphatic rings. The number of carbonyl (C=O) groups excluding carboxylic acids is 2. The molecule has 0 saturated heterocycles. The molecule has 0 atom stereocenters. The zero-order valence-corrected chi connectivity index (χ0v) is 19.4. The topological polar surface area (TPSA) is 93.1 Å². The molecule has 2 aromatic carbocycles. The van der Waals surface area contributed by atoms with Crippen LogP contribution in [0, 0.1) is 5.82 Å². The number of nitrogens with zero attached hydrogens (tertiary/aromatic N) is 2. The van der Waals surface area contributed by atoms with Crippen LogP contribution in [0.3, 0.4) is 0 Å². The number of rotatable bonds is 7. The molecule has 1 aliphatic carbocycles. The largest absolute Gasteiger partial charge is 0.287 e. The monoisotopic (exact) mass is 480 g/mol. The van der Waals surface area contributed by atoms with E-state index in [9.17, 15) is 18.8 Å². The van der Waals surface area contributed by atoms with Crippen molar-refractivity contribution >= 4 is 34.5 Å². The van der Waals surface area contributed by atoms with Crippen LogP contribution in [0.5, 0.6) is 0 Å². The second kappa shape index (κ2) is 11.1. The fourth-order valence-electron chi connectivity index (χ4n) is 3.81. The quantitative estimate of drug-likeness (QED) is 0.231. The zero-order chi connectivity index (χ0) is 23.9. The molecule has 2 amide bonds. The standard InChI is InChI=1S/C25H25FN4O3S/c26-19-12-10-18(11-13-19)23(32)29-28-22(31)16-34-25-27-21-9-5-4-8-20(21)24(33)30(25)15-14-17-6-2-1-3-7-17/h4-6,8-13H,1-3,7,14-16H2,(H,28,31)(H,29,32). The Hall–Kier alpha value is -3.46. The first-order valence-corrected chi connectivity index (χ1v) is 12.1. The van der Waals surface area contributed by atoms with Crippen LogP contribution in [0.1, 0.15) is 42.5 Å². The van der Waals surface area contributed by atoms with E-state index in [-0.39, 0.29) is 16.9 Å². The molecule has 1 heterocycles. The predicted octanol–water partition coefficient (Wildman–Crippen LogP) is 3.98. The maximum Gasteiger partial charge on any atom is 0.269 e. The molecule has 1 aromatic heterocycles. The zero-order valence-electron chi connectivity index (χ0n) is 18.6. The molecule has 0 bridgehead atoms. The van der Waals surface area contributed by atoms with Gasteiger partial charge in [-0.1, -0.05) is 35.5 Å². The molecule has 0 fully saturated rings. The lowest BCUT2D eigenvalue weighted by atomic mass is 9.97. The number of allylic oxidation sites excluding steroid dienone is 2. The van der Waals surface area contributed by atoms with Gasteiger partial charge < -0.3 is 0 Å². The number of fused-ring (bicyclic) bond motifs is 1. The highest BCUT2D eigenvalue weighted by Gasteiger charge is 2.15. The van der Waals surface area contributed by atoms with Crippen molar-refractivity contribution in [2.45, 2.75) is 43.8 Å². The van der Waals surface area contributed by atoms with Crippen molar-refractivity contribution in [3.05, 3.63) is 81.9 Å². The van der Waals surface area contributed by atoms with E-state index in [1.807, 2.05) is 12.1 Å². The summed E-state index contributed by atoms with van der Waals surface area (Å²) in [6.45, 7) is 0.494. The second-order valence-corrected chi connectivity index (χ2v) is 8.97. The number of halogens is 1. The Balaban J connectivity index is 1.43. The summed E-state index contributed by atoms with van der Waals surface area (Å²) in [4.78, 5) is 42.2. The number of hydrazine groups is 1. The van der Waals surface area contributed by atoms with E-state index < -0.39 is 17.6 Å². The van der Waals surface area contributed by atoms with E-state index in [2.05, 4.69) is 21.9 Å². The number of amides is 2. The fraction of sp³-hybridized carbons (Fsp3) is 0.280. The lowest BCUT2D eigenvalue weighted by Gasteiger charge is -2.16. The molecule has 0 unspecified atom stereocenters. The third kappa shape index (κ3) is 5.91. The van der Waals surface area contributed by atoms with Gasteiger partial charge in [0.05, 0.1) is 16.7 Å². The van der Waals surface area contributed by atoms with Gasteiger partial charge in [0.15, 0.2) is 5.16 Å². The summed E-state index contributed by atoms with van der Waals surface area (Å²) in [7, 11) is 0. The van der Waals surface area contributed by atoms with E-state index in [0.29, 0.717) is 22.6 Å². The van der Waals surface area contributed by atoms with Crippen LogP contribution in [-0.4, -0.2) is 27.1 Å². The van der Waals surface area contributed by atoms with Gasteiger partial charge in [0.2, 0.25) is 5.91 Å². The maximum atomic E-state index is 13.2. The van der Waals surface area contributed by atoms with Gasteiger partial charge in [-0.25, -0.2) is 9.37 Å². The number of hydrogen-bond acceptors (Lipinski definition) is 5. The van der Waals surface area contributed by atoms with Gasteiger partial charge in [-0.3, -0.25) is 29.8 Å². The van der Waals surface area contributed by atoms with E-state index in [1.165, 1.54) is 42.7 Å². The molecule has 34 heavy (non-hydrogen) atoms. The summed E-state index contributed by atoms with van der Waals surface area (Å²) in [5.41, 5.74) is 6.67. The molecule has 2 N–H and O–H groups in total. The van der Waals surface area contributed by atoms with Gasteiger partial charge in [-0.2, -0.15) is 0 Å². The molecule has 0 radical (unpaired) electrons. The number of thioether (sulfide) groups is 1. The van der Waals surface area contributed by atoms with E-state index in [0.717, 1.165) is 31.0 Å². The molecule has 0 aliphatic heterocycles. The van der Waals surface area contributed by atoms with Crippen molar-refractivity contribution in [3.63, 3.8) is 0 Å². The van der Waals surface area contributed by atoms with Crippen LogP contribution in [0.25, 0.3) is 10.9 Å². The molecule has 7 nitrogen and oxygen atoms in total. The van der Waals surface area contributed by atoms with Crippen molar-refractivity contribution in [2.75, 3.05) is 5.75 Å². The lowest BCUT2D eigenvalue weighted by Crippen LogP contribution is -2.42. The minimum absolute atomic E-state index is 0.0445. The van der Waals surface area contributed by atoms with Crippen molar-refractivity contribution in [1.82, 2.24) is 20.4 Å². The van der Waals surface area contributed by atoms with Crippen LogP contribution < -0.4 is 16.4 Å². The minimum Gasteiger partial charge on any atom is -0.287 e. The smallest absolute Gasteiger partial charge is 0.269 e. The normalized spacial score (nSPS) is 13.4. The predicted molar refractivity (Wildman–Crippen MR) is 130 cm³/mol. The Bertz CT molecular complexity index is 1290. The first-order chi connectivity index (χ1) is 16.5. The molecule has 176 valence electrons. The summed E-state index contributed by atoms with van der Waals surface area (Å²) in [6.07, 6.45) is 7.53. The van der Waals surface area contributed by atoms with Crippen LogP contribution in [0.2, 0.25) is 0 Å². The molecular weight excluding hydrogens is 455 g/mol. The average molecular weight is 481 g/mol. The SMILES string of the molecule is O=C(CSc1nc2ccccc2c(=O)n1CCC1=CCCCC1)NNC(=O)c1ccc(F)cc1. The van der Waals surface area contributed by atoms with Gasteiger partial charge in [0.25, 0.3) is 11.5 Å². The van der Waals surface area contributed by atoms with Crippen molar-refractivity contribution < 1.29 is 14.0 Å². The highest BCUT2D eigenvalue weighted by atomic mass is 32.2. The maximum absolute atomic E-state index is 13.2. The number of para-hydroxylation sites is 1. The van der Waals surface area contributed by atoms with Gasteiger partial charge in [0, 0.05) is 12.1 Å². The van der Waals surface area contributed by atoms with Crippen LogP contribution in [-0.2, 0) is 11.3 Å². The highest BCUT2D eigenvalue weighted by Crippen LogP contribution is 2.23. The second-order valence-electron chi connectivity index (χ2n) is 8.02. The van der Waals surface area contributed by atoms with E-state index in [4.69, 9.17) is 0 Å². The van der Waals surface area contributed by atoms with Crippen LogP contribution in [0.15, 0.2) is 70.1 Å². The molecule has 0 spiro atoms. The van der Waals surface area contributed by atoms with Crippen LogP contribution in [0.4, 0.5) is 4.39 Å². The average Bonchev–Trinajstić information content (AvgIpc) is 2.86. The lowest BCUT2D eigenvalue weighted by molar-refractivity contribution is -0.119. The Kier molecular flexibility index (Phi) is 7.74. The van der Waals surface area contributed by atoms with Crippen molar-refractivity contribution in [2.24, 2.45) is 0 Å². The molecule has 3 aromatic rings. The number of nitrogens with one attached hydrogen (secondary N) is 2. The number of aromatic nitrogens is 2. The Labute approximate surface area is 200 Å². The van der Waals surface area contributed by atoms with E-state index >= 15 is 0 Å². The van der Waals surface area contributed by atoms with E-state index in [1.54, 1.807) is 16.7 Å². The Morgan fingerprint density at radius 1 is 1.06 bits per heavy atom. The van der Waals surface area contributed by atoms with Crippen LogP contribution >= 0.6 is 11.8 Å². The summed E-state index contributed by atoms with van der Waals surface area (Å²) < 4.78 is 14.6. The number of benzene rings is 2.